The van der Waals surface area contributed by atoms with Crippen molar-refractivity contribution in [3.8, 4) is 5.75 Å². The van der Waals surface area contributed by atoms with Gasteiger partial charge in [-0.15, -0.1) is 0 Å². The summed E-state index contributed by atoms with van der Waals surface area (Å²) in [6.07, 6.45) is 1.24. The van der Waals surface area contributed by atoms with Crippen LogP contribution >= 0.6 is 0 Å². The maximum atomic E-state index is 11.5. The second-order valence-electron chi connectivity index (χ2n) is 4.26. The molecule has 3 heteroatoms. The van der Waals surface area contributed by atoms with Crippen molar-refractivity contribution in [1.82, 2.24) is 4.98 Å². The quantitative estimate of drug-likeness (QED) is 0.767. The number of aromatic nitrogens is 1. The molecular formula is C13H19NO2. The molecule has 0 fully saturated rings. The second-order valence-corrected chi connectivity index (χ2v) is 4.26. The van der Waals surface area contributed by atoms with Gasteiger partial charge in [0.2, 0.25) is 0 Å². The number of rotatable bonds is 5. The fourth-order valence-electron chi connectivity index (χ4n) is 1.49. The van der Waals surface area contributed by atoms with Crippen LogP contribution in [-0.2, 0) is 11.2 Å². The minimum Gasteiger partial charge on any atom is -0.497 e. The number of hydrogen-bond acceptors (Lipinski definition) is 3. The maximum Gasteiger partial charge on any atom is 0.135 e. The summed E-state index contributed by atoms with van der Waals surface area (Å²) in [5, 5.41) is 0. The molecule has 0 atom stereocenters. The lowest BCUT2D eigenvalue weighted by atomic mass is 10.0. The Kier molecular flexibility index (Phi) is 4.47. The number of pyridine rings is 1. The van der Waals surface area contributed by atoms with Gasteiger partial charge in [0.25, 0.3) is 0 Å². The van der Waals surface area contributed by atoms with Gasteiger partial charge in [0.1, 0.15) is 11.5 Å². The van der Waals surface area contributed by atoms with Gasteiger partial charge in [0, 0.05) is 35.9 Å². The molecule has 0 unspecified atom stereocenters. The van der Waals surface area contributed by atoms with E-state index in [2.05, 4.69) is 4.98 Å². The Balaban J connectivity index is 2.67. The highest BCUT2D eigenvalue weighted by Gasteiger charge is 2.08. The maximum absolute atomic E-state index is 11.5. The van der Waals surface area contributed by atoms with Gasteiger partial charge < -0.3 is 4.74 Å². The van der Waals surface area contributed by atoms with Crippen LogP contribution in [0.1, 0.15) is 31.7 Å². The minimum atomic E-state index is 0.103. The van der Waals surface area contributed by atoms with E-state index in [1.165, 1.54) is 0 Å². The number of carbonyl (C=O) groups is 1. The zero-order chi connectivity index (χ0) is 12.1. The van der Waals surface area contributed by atoms with Crippen LogP contribution in [0.4, 0.5) is 0 Å². The molecule has 1 heterocycles. The average Bonchev–Trinajstić information content (AvgIpc) is 2.24. The third kappa shape index (κ3) is 3.65. The summed E-state index contributed by atoms with van der Waals surface area (Å²) in [4.78, 5) is 15.9. The Bertz CT molecular complexity index is 372. The molecule has 1 aromatic heterocycles. The Morgan fingerprint density at radius 2 is 2.12 bits per heavy atom. The summed E-state index contributed by atoms with van der Waals surface area (Å²) in [5.41, 5.74) is 1.84. The molecule has 0 aliphatic heterocycles. The van der Waals surface area contributed by atoms with E-state index >= 15 is 0 Å². The van der Waals surface area contributed by atoms with E-state index in [0.29, 0.717) is 12.8 Å². The van der Waals surface area contributed by atoms with Crippen LogP contribution in [0.25, 0.3) is 0 Å². The van der Waals surface area contributed by atoms with Crippen molar-refractivity contribution in [3.05, 3.63) is 23.5 Å². The predicted molar refractivity (Wildman–Crippen MR) is 63.7 cm³/mol. The first-order valence-corrected chi connectivity index (χ1v) is 5.57. The van der Waals surface area contributed by atoms with E-state index in [1.54, 1.807) is 7.11 Å². The first-order chi connectivity index (χ1) is 7.52. The highest BCUT2D eigenvalue weighted by molar-refractivity contribution is 5.80. The molecule has 3 nitrogen and oxygen atoms in total. The Hall–Kier alpha value is -1.38. The van der Waals surface area contributed by atoms with E-state index in [-0.39, 0.29) is 11.7 Å². The SMILES string of the molecule is COc1cc(C)nc(CCC(=O)C(C)C)c1. The molecule has 0 spiro atoms. The second kappa shape index (κ2) is 5.64. The number of nitrogens with zero attached hydrogens (tertiary/aromatic N) is 1. The molecule has 1 rings (SSSR count). The van der Waals surface area contributed by atoms with E-state index in [0.717, 1.165) is 17.1 Å². The number of hydrogen-bond donors (Lipinski definition) is 0. The Morgan fingerprint density at radius 3 is 2.69 bits per heavy atom. The van der Waals surface area contributed by atoms with Crippen molar-refractivity contribution < 1.29 is 9.53 Å². The minimum absolute atomic E-state index is 0.103. The summed E-state index contributed by atoms with van der Waals surface area (Å²) in [6, 6.07) is 3.77. The lowest BCUT2D eigenvalue weighted by molar-refractivity contribution is -0.121. The lowest BCUT2D eigenvalue weighted by Gasteiger charge is -2.06. The van der Waals surface area contributed by atoms with E-state index in [9.17, 15) is 4.79 Å². The number of aryl methyl sites for hydroxylation is 2. The molecule has 0 aromatic carbocycles. The molecule has 0 saturated carbocycles. The number of ether oxygens (including phenoxy) is 1. The third-order valence-corrected chi connectivity index (χ3v) is 2.49. The van der Waals surface area contributed by atoms with Gasteiger partial charge >= 0.3 is 0 Å². The van der Waals surface area contributed by atoms with Crippen LogP contribution in [-0.4, -0.2) is 17.9 Å². The fraction of sp³-hybridized carbons (Fsp3) is 0.538. The molecule has 0 saturated heterocycles. The van der Waals surface area contributed by atoms with Crippen molar-refractivity contribution in [2.75, 3.05) is 7.11 Å². The monoisotopic (exact) mass is 221 g/mol. The highest BCUT2D eigenvalue weighted by atomic mass is 16.5. The highest BCUT2D eigenvalue weighted by Crippen LogP contribution is 2.15. The van der Waals surface area contributed by atoms with Crippen LogP contribution in [0.3, 0.4) is 0 Å². The van der Waals surface area contributed by atoms with Gasteiger partial charge in [0.05, 0.1) is 7.11 Å². The first-order valence-electron chi connectivity index (χ1n) is 5.57. The molecule has 0 N–H and O–H groups in total. The van der Waals surface area contributed by atoms with Crippen LogP contribution in [0.15, 0.2) is 12.1 Å². The predicted octanol–water partition coefficient (Wildman–Crippen LogP) is 2.56. The first kappa shape index (κ1) is 12.7. The van der Waals surface area contributed by atoms with Gasteiger partial charge in [-0.1, -0.05) is 13.8 Å². The van der Waals surface area contributed by atoms with Crippen LogP contribution in [0, 0.1) is 12.8 Å². The van der Waals surface area contributed by atoms with E-state index in [4.69, 9.17) is 4.74 Å². The Labute approximate surface area is 96.8 Å². The molecule has 16 heavy (non-hydrogen) atoms. The average molecular weight is 221 g/mol. The van der Waals surface area contributed by atoms with Gasteiger partial charge in [-0.3, -0.25) is 9.78 Å². The third-order valence-electron chi connectivity index (χ3n) is 2.49. The van der Waals surface area contributed by atoms with Gasteiger partial charge in [-0.05, 0) is 13.3 Å². The largest absolute Gasteiger partial charge is 0.497 e. The number of Topliss-reactive ketones (excluding diaryl/α,β-unsaturated/α-hetero) is 1. The summed E-state index contributed by atoms with van der Waals surface area (Å²) in [5.74, 6) is 1.19. The number of carbonyl (C=O) groups excluding carboxylic acids is 1. The molecule has 0 aliphatic rings. The Morgan fingerprint density at radius 1 is 1.44 bits per heavy atom. The van der Waals surface area contributed by atoms with Gasteiger partial charge in [-0.2, -0.15) is 0 Å². The summed E-state index contributed by atoms with van der Waals surface area (Å²) in [7, 11) is 1.64. The standard InChI is InChI=1S/C13H19NO2/c1-9(2)13(15)6-5-11-8-12(16-4)7-10(3)14-11/h7-9H,5-6H2,1-4H3. The molecule has 0 aliphatic carbocycles. The molecule has 88 valence electrons. The van der Waals surface area contributed by atoms with Crippen molar-refractivity contribution in [2.24, 2.45) is 5.92 Å². The zero-order valence-electron chi connectivity index (χ0n) is 10.4. The number of methoxy groups -OCH3 is 1. The van der Waals surface area contributed by atoms with Crippen molar-refractivity contribution >= 4 is 5.78 Å². The van der Waals surface area contributed by atoms with Gasteiger partial charge in [-0.25, -0.2) is 0 Å². The fourth-order valence-corrected chi connectivity index (χ4v) is 1.49. The molecular weight excluding hydrogens is 202 g/mol. The van der Waals surface area contributed by atoms with Gasteiger partial charge in [0.15, 0.2) is 0 Å². The summed E-state index contributed by atoms with van der Waals surface area (Å²) < 4.78 is 5.17. The van der Waals surface area contributed by atoms with E-state index < -0.39 is 0 Å². The van der Waals surface area contributed by atoms with Crippen molar-refractivity contribution in [3.63, 3.8) is 0 Å². The van der Waals surface area contributed by atoms with Crippen molar-refractivity contribution in [1.29, 1.82) is 0 Å². The molecule has 1 aromatic rings. The smallest absolute Gasteiger partial charge is 0.135 e. The molecule has 0 bridgehead atoms. The molecule has 0 amide bonds. The lowest BCUT2D eigenvalue weighted by Crippen LogP contribution is -2.08. The van der Waals surface area contributed by atoms with Crippen LogP contribution < -0.4 is 4.74 Å². The zero-order valence-corrected chi connectivity index (χ0v) is 10.4. The molecule has 0 radical (unpaired) electrons. The summed E-state index contributed by atoms with van der Waals surface area (Å²) >= 11 is 0. The number of ketones is 1. The normalized spacial score (nSPS) is 10.6. The van der Waals surface area contributed by atoms with Crippen LogP contribution in [0.5, 0.6) is 5.75 Å². The van der Waals surface area contributed by atoms with Crippen molar-refractivity contribution in [2.45, 2.75) is 33.6 Å². The van der Waals surface area contributed by atoms with Crippen LogP contribution in [0.2, 0.25) is 0 Å². The topological polar surface area (TPSA) is 39.2 Å². The van der Waals surface area contributed by atoms with E-state index in [1.807, 2.05) is 32.9 Å². The summed E-state index contributed by atoms with van der Waals surface area (Å²) in [6.45, 7) is 5.77.